The lowest BCUT2D eigenvalue weighted by atomic mass is 10.2. The highest BCUT2D eigenvalue weighted by Gasteiger charge is 2.30. The number of anilines is 1. The van der Waals surface area contributed by atoms with Crippen LogP contribution in [-0.2, 0) is 14.8 Å². The Kier molecular flexibility index (Phi) is 6.59. The van der Waals surface area contributed by atoms with Gasteiger partial charge in [0, 0.05) is 6.54 Å². The average molecular weight is 378 g/mol. The average Bonchev–Trinajstić information content (AvgIpc) is 2.65. The highest BCUT2D eigenvalue weighted by Crippen LogP contribution is 2.30. The molecule has 2 aromatic rings. The van der Waals surface area contributed by atoms with E-state index in [-0.39, 0.29) is 23.8 Å². The largest absolute Gasteiger partial charge is 0.495 e. The number of aliphatic hydroxyl groups is 1. The Morgan fingerprint density at radius 3 is 2.50 bits per heavy atom. The number of sulfonamides is 1. The first-order valence-corrected chi connectivity index (χ1v) is 9.44. The molecule has 0 aliphatic heterocycles. The van der Waals surface area contributed by atoms with E-state index in [0.717, 1.165) is 9.87 Å². The number of carbonyl (C=O) groups excluding carboxylic acids is 1. The molecule has 26 heavy (non-hydrogen) atoms. The maximum atomic E-state index is 13.3. The van der Waals surface area contributed by atoms with E-state index < -0.39 is 22.5 Å². The number of hydrogen-bond donors (Lipinski definition) is 2. The van der Waals surface area contributed by atoms with Gasteiger partial charge in [0.15, 0.2) is 0 Å². The summed E-state index contributed by atoms with van der Waals surface area (Å²) in [7, 11) is -2.66. The molecule has 0 aromatic heterocycles. The summed E-state index contributed by atoms with van der Waals surface area (Å²) in [5, 5.41) is 11.3. The summed E-state index contributed by atoms with van der Waals surface area (Å²) < 4.78 is 32.8. The van der Waals surface area contributed by atoms with Gasteiger partial charge in [-0.25, -0.2) is 8.42 Å². The van der Waals surface area contributed by atoms with E-state index >= 15 is 0 Å². The second kappa shape index (κ2) is 8.68. The molecule has 1 amide bonds. The van der Waals surface area contributed by atoms with Crippen LogP contribution in [0.4, 0.5) is 5.69 Å². The second-order valence-corrected chi connectivity index (χ2v) is 7.41. The van der Waals surface area contributed by atoms with Gasteiger partial charge in [-0.3, -0.25) is 9.10 Å². The van der Waals surface area contributed by atoms with Crippen LogP contribution in [0.1, 0.15) is 5.56 Å². The predicted octanol–water partition coefficient (Wildman–Crippen LogP) is 1.31. The number of aliphatic hydroxyl groups excluding tert-OH is 1. The summed E-state index contributed by atoms with van der Waals surface area (Å²) >= 11 is 0. The Bertz CT molecular complexity index is 853. The zero-order valence-electron chi connectivity index (χ0n) is 14.7. The van der Waals surface area contributed by atoms with Crippen molar-refractivity contribution >= 4 is 21.6 Å². The first-order valence-electron chi connectivity index (χ1n) is 8.00. The third kappa shape index (κ3) is 4.53. The van der Waals surface area contributed by atoms with Crippen molar-refractivity contribution in [1.29, 1.82) is 0 Å². The minimum atomic E-state index is -4.05. The number of rotatable bonds is 8. The molecule has 2 rings (SSSR count). The van der Waals surface area contributed by atoms with Crippen LogP contribution in [0.3, 0.4) is 0 Å². The van der Waals surface area contributed by atoms with E-state index in [4.69, 9.17) is 9.84 Å². The Hall–Kier alpha value is -2.58. The van der Waals surface area contributed by atoms with E-state index in [9.17, 15) is 13.2 Å². The topological polar surface area (TPSA) is 95.9 Å². The highest BCUT2D eigenvalue weighted by molar-refractivity contribution is 7.93. The maximum Gasteiger partial charge on any atom is 0.268 e. The van der Waals surface area contributed by atoms with Gasteiger partial charge >= 0.3 is 0 Å². The molecule has 0 aliphatic rings. The molecular weight excluding hydrogens is 356 g/mol. The number of carbonyl (C=O) groups is 1. The molecular formula is C18H22N2O5S. The number of benzene rings is 2. The first-order chi connectivity index (χ1) is 12.4. The lowest BCUT2D eigenvalue weighted by molar-refractivity contribution is -0.119. The van der Waals surface area contributed by atoms with E-state index in [1.807, 2.05) is 0 Å². The van der Waals surface area contributed by atoms with Crippen LogP contribution in [0.25, 0.3) is 0 Å². The van der Waals surface area contributed by atoms with Gasteiger partial charge in [-0.1, -0.05) is 24.3 Å². The van der Waals surface area contributed by atoms with Crippen molar-refractivity contribution in [1.82, 2.24) is 5.32 Å². The molecule has 0 spiro atoms. The molecule has 7 nitrogen and oxygen atoms in total. The highest BCUT2D eigenvalue weighted by atomic mass is 32.2. The normalized spacial score (nSPS) is 11.0. The van der Waals surface area contributed by atoms with Crippen LogP contribution in [0, 0.1) is 6.92 Å². The summed E-state index contributed by atoms with van der Waals surface area (Å²) in [6, 6.07) is 13.2. The number of para-hydroxylation sites is 1. The van der Waals surface area contributed by atoms with Crippen molar-refractivity contribution in [2.75, 3.05) is 31.1 Å². The van der Waals surface area contributed by atoms with Gasteiger partial charge in [0.2, 0.25) is 5.91 Å². The standard InChI is InChI=1S/C18H22N2O5S/c1-14-8-9-16(25-2)17(12-14)26(23,24)20(13-18(22)19-10-11-21)15-6-4-3-5-7-15/h3-9,12,21H,10-11,13H2,1-2H3,(H,19,22). The van der Waals surface area contributed by atoms with Crippen LogP contribution < -0.4 is 14.4 Å². The molecule has 8 heteroatoms. The predicted molar refractivity (Wildman–Crippen MR) is 98.8 cm³/mol. The van der Waals surface area contributed by atoms with Gasteiger partial charge in [-0.2, -0.15) is 0 Å². The van der Waals surface area contributed by atoms with Gasteiger partial charge in [-0.15, -0.1) is 0 Å². The molecule has 2 aromatic carbocycles. The van der Waals surface area contributed by atoms with Crippen molar-refractivity contribution in [3.63, 3.8) is 0 Å². The fraction of sp³-hybridized carbons (Fsp3) is 0.278. The van der Waals surface area contributed by atoms with E-state index in [1.165, 1.54) is 13.2 Å². The third-order valence-corrected chi connectivity index (χ3v) is 5.45. The summed E-state index contributed by atoms with van der Waals surface area (Å²) in [5.41, 5.74) is 1.11. The van der Waals surface area contributed by atoms with E-state index in [2.05, 4.69) is 5.32 Å². The van der Waals surface area contributed by atoms with Crippen molar-refractivity contribution in [3.05, 3.63) is 54.1 Å². The fourth-order valence-electron chi connectivity index (χ4n) is 2.40. The summed E-state index contributed by atoms with van der Waals surface area (Å²) in [5.74, 6) is -0.314. The summed E-state index contributed by atoms with van der Waals surface area (Å²) in [6.45, 7) is 1.19. The molecule has 2 N–H and O–H groups in total. The van der Waals surface area contributed by atoms with E-state index in [1.54, 1.807) is 49.4 Å². The van der Waals surface area contributed by atoms with Crippen LogP contribution >= 0.6 is 0 Å². The van der Waals surface area contributed by atoms with Gasteiger partial charge in [0.25, 0.3) is 10.0 Å². The van der Waals surface area contributed by atoms with Crippen molar-refractivity contribution < 1.29 is 23.1 Å². The molecule has 0 bridgehead atoms. The number of nitrogens with one attached hydrogen (secondary N) is 1. The number of nitrogens with zero attached hydrogens (tertiary/aromatic N) is 1. The van der Waals surface area contributed by atoms with Crippen molar-refractivity contribution in [2.45, 2.75) is 11.8 Å². The third-order valence-electron chi connectivity index (χ3n) is 3.65. The minimum absolute atomic E-state index is 0.0150. The molecule has 0 unspecified atom stereocenters. The first kappa shape index (κ1) is 19.7. The van der Waals surface area contributed by atoms with Gasteiger partial charge in [0.05, 0.1) is 19.4 Å². The number of methoxy groups -OCH3 is 1. The van der Waals surface area contributed by atoms with Crippen LogP contribution in [0.5, 0.6) is 5.75 Å². The molecule has 0 saturated heterocycles. The molecule has 0 aliphatic carbocycles. The zero-order valence-corrected chi connectivity index (χ0v) is 15.5. The van der Waals surface area contributed by atoms with Crippen molar-refractivity contribution in [2.24, 2.45) is 0 Å². The Morgan fingerprint density at radius 2 is 1.88 bits per heavy atom. The van der Waals surface area contributed by atoms with Gasteiger partial charge < -0.3 is 15.2 Å². The lowest BCUT2D eigenvalue weighted by Gasteiger charge is -2.25. The molecule has 0 fully saturated rings. The Labute approximate surface area is 153 Å². The SMILES string of the molecule is COc1ccc(C)cc1S(=O)(=O)N(CC(=O)NCCO)c1ccccc1. The van der Waals surface area contributed by atoms with Crippen LogP contribution in [-0.4, -0.2) is 46.2 Å². The Morgan fingerprint density at radius 1 is 1.19 bits per heavy atom. The molecule has 0 saturated carbocycles. The zero-order chi connectivity index (χ0) is 19.2. The Balaban J connectivity index is 2.50. The van der Waals surface area contributed by atoms with Crippen LogP contribution in [0.2, 0.25) is 0 Å². The lowest BCUT2D eigenvalue weighted by Crippen LogP contribution is -2.41. The molecule has 0 atom stereocenters. The molecule has 140 valence electrons. The van der Waals surface area contributed by atoms with Gasteiger partial charge in [-0.05, 0) is 36.8 Å². The number of hydrogen-bond acceptors (Lipinski definition) is 5. The van der Waals surface area contributed by atoms with Crippen LogP contribution in [0.15, 0.2) is 53.4 Å². The monoisotopic (exact) mass is 378 g/mol. The van der Waals surface area contributed by atoms with E-state index in [0.29, 0.717) is 5.69 Å². The summed E-state index contributed by atoms with van der Waals surface area (Å²) in [6.07, 6.45) is 0. The fourth-order valence-corrected chi connectivity index (χ4v) is 4.06. The minimum Gasteiger partial charge on any atom is -0.495 e. The molecule has 0 radical (unpaired) electrons. The number of ether oxygens (including phenoxy) is 1. The smallest absolute Gasteiger partial charge is 0.268 e. The number of aryl methyl sites for hydroxylation is 1. The quantitative estimate of drug-likeness (QED) is 0.722. The second-order valence-electron chi connectivity index (χ2n) is 5.58. The van der Waals surface area contributed by atoms with Gasteiger partial charge in [0.1, 0.15) is 17.2 Å². The summed E-state index contributed by atoms with van der Waals surface area (Å²) in [4.78, 5) is 12.1. The molecule has 0 heterocycles. The number of amides is 1. The van der Waals surface area contributed by atoms with Crippen molar-refractivity contribution in [3.8, 4) is 5.75 Å². The maximum absolute atomic E-state index is 13.3.